The number of carbonyl (C=O) groups excluding carboxylic acids is 1. The third-order valence-corrected chi connectivity index (χ3v) is 5.84. The molecular formula is C16H22N2O3S. The van der Waals surface area contributed by atoms with E-state index in [9.17, 15) is 4.79 Å². The number of ether oxygens (including phenoxy) is 2. The lowest BCUT2D eigenvalue weighted by atomic mass is 10.0. The first-order valence-corrected chi connectivity index (χ1v) is 8.95. The summed E-state index contributed by atoms with van der Waals surface area (Å²) in [5, 5.41) is 2.12. The van der Waals surface area contributed by atoms with Crippen LogP contribution in [0, 0.1) is 5.92 Å². The van der Waals surface area contributed by atoms with Crippen molar-refractivity contribution in [3.8, 4) is 0 Å². The minimum atomic E-state index is -0.00874. The van der Waals surface area contributed by atoms with Crippen LogP contribution >= 0.6 is 11.3 Å². The highest BCUT2D eigenvalue weighted by atomic mass is 32.1. The van der Waals surface area contributed by atoms with Crippen molar-refractivity contribution in [2.24, 2.45) is 5.92 Å². The molecule has 3 fully saturated rings. The molecule has 3 atom stereocenters. The van der Waals surface area contributed by atoms with E-state index in [-0.39, 0.29) is 17.9 Å². The summed E-state index contributed by atoms with van der Waals surface area (Å²) in [6.45, 7) is 5.30. The molecule has 0 saturated carbocycles. The lowest BCUT2D eigenvalue weighted by molar-refractivity contribution is -0.142. The van der Waals surface area contributed by atoms with E-state index in [0.29, 0.717) is 19.3 Å². The molecule has 0 N–H and O–H groups in total. The number of morpholine rings is 1. The van der Waals surface area contributed by atoms with E-state index < -0.39 is 0 Å². The highest BCUT2D eigenvalue weighted by molar-refractivity contribution is 7.09. The molecule has 6 heteroatoms. The number of carbonyl (C=O) groups is 1. The zero-order valence-electron chi connectivity index (χ0n) is 12.6. The van der Waals surface area contributed by atoms with Gasteiger partial charge in [0.25, 0.3) is 0 Å². The number of hydrogen-bond donors (Lipinski definition) is 0. The molecular weight excluding hydrogens is 300 g/mol. The van der Waals surface area contributed by atoms with Gasteiger partial charge in [0.05, 0.1) is 25.2 Å². The van der Waals surface area contributed by atoms with Gasteiger partial charge in [-0.05, 0) is 17.9 Å². The molecule has 3 aliphatic rings. The van der Waals surface area contributed by atoms with Gasteiger partial charge in [-0.2, -0.15) is 0 Å². The van der Waals surface area contributed by atoms with Gasteiger partial charge in [-0.25, -0.2) is 0 Å². The Bertz CT molecular complexity index is 515. The Morgan fingerprint density at radius 2 is 2.18 bits per heavy atom. The van der Waals surface area contributed by atoms with E-state index in [0.717, 1.165) is 39.2 Å². The Balaban J connectivity index is 1.47. The quantitative estimate of drug-likeness (QED) is 0.838. The van der Waals surface area contributed by atoms with Gasteiger partial charge < -0.3 is 14.4 Å². The van der Waals surface area contributed by atoms with Crippen LogP contribution in [0.2, 0.25) is 0 Å². The number of likely N-dealkylation sites (tertiary alicyclic amines) is 1. The number of nitrogens with zero attached hydrogens (tertiary/aromatic N) is 2. The topological polar surface area (TPSA) is 42.0 Å². The van der Waals surface area contributed by atoms with Crippen molar-refractivity contribution in [2.75, 3.05) is 39.5 Å². The molecule has 0 aromatic carbocycles. The number of rotatable bonds is 3. The normalized spacial score (nSPS) is 32.4. The maximum absolute atomic E-state index is 12.9. The van der Waals surface area contributed by atoms with E-state index in [2.05, 4.69) is 22.4 Å². The summed E-state index contributed by atoms with van der Waals surface area (Å²) in [5.41, 5.74) is 0. The lowest BCUT2D eigenvalue weighted by Crippen LogP contribution is -2.46. The van der Waals surface area contributed by atoms with Crippen molar-refractivity contribution in [1.82, 2.24) is 9.80 Å². The maximum atomic E-state index is 12.9. The first-order valence-electron chi connectivity index (χ1n) is 8.07. The molecule has 3 aliphatic heterocycles. The Morgan fingerprint density at radius 1 is 1.32 bits per heavy atom. The summed E-state index contributed by atoms with van der Waals surface area (Å²) in [4.78, 5) is 18.6. The van der Waals surface area contributed by atoms with Gasteiger partial charge in [-0.15, -0.1) is 11.3 Å². The number of fused-ring (bicyclic) bond motifs is 1. The predicted octanol–water partition coefficient (Wildman–Crippen LogP) is 1.20. The van der Waals surface area contributed by atoms with Crippen LogP contribution in [-0.4, -0.2) is 67.3 Å². The Kier molecular flexibility index (Phi) is 4.17. The summed E-state index contributed by atoms with van der Waals surface area (Å²) in [7, 11) is 0. The summed E-state index contributed by atoms with van der Waals surface area (Å²) in [6.07, 6.45) is 1.12. The Labute approximate surface area is 134 Å². The Morgan fingerprint density at radius 3 is 2.95 bits per heavy atom. The number of amides is 1. The molecule has 3 saturated heterocycles. The standard InChI is InChI=1S/C16H22N2O3S/c19-16(17-4-7-20-8-5-17)13-11-18(10-12-2-1-9-22-12)14-3-6-21-15(13)14/h1-2,9,13-15H,3-8,10-11H2/t13-,14+,15+/m1/s1. The summed E-state index contributed by atoms with van der Waals surface area (Å²) in [5.74, 6) is 0.249. The van der Waals surface area contributed by atoms with Gasteiger partial charge >= 0.3 is 0 Å². The smallest absolute Gasteiger partial charge is 0.229 e. The van der Waals surface area contributed by atoms with E-state index in [1.807, 2.05) is 4.90 Å². The molecule has 0 radical (unpaired) electrons. The molecule has 1 aromatic rings. The first kappa shape index (κ1) is 14.6. The van der Waals surface area contributed by atoms with Gasteiger partial charge in [0.2, 0.25) is 5.91 Å². The molecule has 4 rings (SSSR count). The van der Waals surface area contributed by atoms with Gasteiger partial charge in [-0.3, -0.25) is 9.69 Å². The minimum Gasteiger partial charge on any atom is -0.378 e. The molecule has 1 amide bonds. The van der Waals surface area contributed by atoms with Crippen molar-refractivity contribution < 1.29 is 14.3 Å². The average Bonchev–Trinajstić information content (AvgIpc) is 3.27. The van der Waals surface area contributed by atoms with Crippen molar-refractivity contribution in [3.05, 3.63) is 22.4 Å². The number of thiophene rings is 1. The summed E-state index contributed by atoms with van der Waals surface area (Å²) < 4.78 is 11.3. The maximum Gasteiger partial charge on any atom is 0.229 e. The monoisotopic (exact) mass is 322 g/mol. The van der Waals surface area contributed by atoms with Crippen molar-refractivity contribution in [2.45, 2.75) is 25.1 Å². The van der Waals surface area contributed by atoms with Gasteiger partial charge in [0, 0.05) is 43.7 Å². The SMILES string of the molecule is O=C([C@@H]1CN(Cc2cccs2)[C@H]2CCO[C@@H]12)N1CCOCC1. The fourth-order valence-electron chi connectivity index (χ4n) is 3.89. The van der Waals surface area contributed by atoms with Crippen molar-refractivity contribution in [3.63, 3.8) is 0 Å². The fraction of sp³-hybridized carbons (Fsp3) is 0.688. The second-order valence-electron chi connectivity index (χ2n) is 6.24. The largest absolute Gasteiger partial charge is 0.378 e. The number of hydrogen-bond acceptors (Lipinski definition) is 5. The van der Waals surface area contributed by atoms with E-state index in [4.69, 9.17) is 9.47 Å². The first-order chi connectivity index (χ1) is 10.8. The lowest BCUT2D eigenvalue weighted by Gasteiger charge is -2.30. The molecule has 22 heavy (non-hydrogen) atoms. The second-order valence-corrected chi connectivity index (χ2v) is 7.28. The molecule has 1 aromatic heterocycles. The third kappa shape index (κ3) is 2.69. The van der Waals surface area contributed by atoms with Crippen molar-refractivity contribution in [1.29, 1.82) is 0 Å². The molecule has 120 valence electrons. The van der Waals surface area contributed by atoms with Crippen LogP contribution in [0.1, 0.15) is 11.3 Å². The molecule has 0 aliphatic carbocycles. The van der Waals surface area contributed by atoms with Gasteiger partial charge in [0.1, 0.15) is 0 Å². The highest BCUT2D eigenvalue weighted by Gasteiger charge is 2.49. The van der Waals surface area contributed by atoms with Crippen LogP contribution in [0.4, 0.5) is 0 Å². The molecule has 4 heterocycles. The predicted molar refractivity (Wildman–Crippen MR) is 83.8 cm³/mol. The van der Waals surface area contributed by atoms with E-state index >= 15 is 0 Å². The molecule has 5 nitrogen and oxygen atoms in total. The van der Waals surface area contributed by atoms with Crippen LogP contribution in [0.15, 0.2) is 17.5 Å². The zero-order valence-corrected chi connectivity index (χ0v) is 13.5. The molecule has 0 unspecified atom stereocenters. The zero-order chi connectivity index (χ0) is 14.9. The second kappa shape index (κ2) is 6.28. The van der Waals surface area contributed by atoms with Crippen LogP contribution in [0.5, 0.6) is 0 Å². The van der Waals surface area contributed by atoms with Gasteiger partial charge in [-0.1, -0.05) is 6.07 Å². The highest BCUT2D eigenvalue weighted by Crippen LogP contribution is 2.36. The minimum absolute atomic E-state index is 0.00874. The van der Waals surface area contributed by atoms with Gasteiger partial charge in [0.15, 0.2) is 0 Å². The van der Waals surface area contributed by atoms with Crippen LogP contribution in [0.25, 0.3) is 0 Å². The Hall–Kier alpha value is -0.950. The van der Waals surface area contributed by atoms with Crippen LogP contribution in [0.3, 0.4) is 0 Å². The van der Waals surface area contributed by atoms with Crippen molar-refractivity contribution >= 4 is 17.2 Å². The fourth-order valence-corrected chi connectivity index (χ4v) is 4.62. The molecule has 0 bridgehead atoms. The van der Waals surface area contributed by atoms with Crippen LogP contribution < -0.4 is 0 Å². The third-order valence-electron chi connectivity index (χ3n) is 4.98. The molecule has 0 spiro atoms. The van der Waals surface area contributed by atoms with Crippen LogP contribution in [-0.2, 0) is 20.8 Å². The average molecular weight is 322 g/mol. The van der Waals surface area contributed by atoms with E-state index in [1.165, 1.54) is 4.88 Å². The summed E-state index contributed by atoms with van der Waals surface area (Å²) in [6, 6.07) is 4.67. The summed E-state index contributed by atoms with van der Waals surface area (Å²) >= 11 is 1.79. The van der Waals surface area contributed by atoms with E-state index in [1.54, 1.807) is 11.3 Å².